The molecule has 8 N–H and O–H groups in total. The number of nitrogens with zero attached hydrogens (tertiary/aromatic N) is 1. The third-order valence-corrected chi connectivity index (χ3v) is 1.66. The van der Waals surface area contributed by atoms with Crippen LogP contribution in [0.2, 0.25) is 0 Å². The molecule has 1 heterocycles. The fourth-order valence-electron chi connectivity index (χ4n) is 0.776. The van der Waals surface area contributed by atoms with E-state index >= 15 is 0 Å². The van der Waals surface area contributed by atoms with Crippen molar-refractivity contribution < 1.29 is 0 Å². The number of H-pyrrole nitrogens is 1. The lowest BCUT2D eigenvalue weighted by Gasteiger charge is -2.26. The Labute approximate surface area is 84.3 Å². The van der Waals surface area contributed by atoms with Crippen LogP contribution in [-0.4, -0.2) is 15.4 Å². The van der Waals surface area contributed by atoms with Gasteiger partial charge in [-0.1, -0.05) is 6.58 Å². The maximum absolute atomic E-state index is 11.2. The van der Waals surface area contributed by atoms with Crippen molar-refractivity contribution in [3.8, 4) is 0 Å². The molecule has 0 atom stereocenters. The molecule has 0 spiro atoms. The molecule has 0 fully saturated rings. The molecule has 0 unspecified atom stereocenters. The van der Waals surface area contributed by atoms with Gasteiger partial charge >= 0.3 is 5.69 Å². The van der Waals surface area contributed by atoms with Gasteiger partial charge in [0, 0.05) is 12.3 Å². The number of aromatic amines is 1. The molecule has 1 rings (SSSR count). The SMILES string of the molecule is C=C(N)C(N)(N)Nn1ccc(=O)[nH]c1=O. The van der Waals surface area contributed by atoms with Crippen LogP contribution in [0.1, 0.15) is 0 Å². The summed E-state index contributed by atoms with van der Waals surface area (Å²) in [5.74, 6) is -1.64. The first kappa shape index (κ1) is 11.0. The predicted molar refractivity (Wildman–Crippen MR) is 55.1 cm³/mol. The fraction of sp³-hybridized carbons (Fsp3) is 0.143. The van der Waals surface area contributed by atoms with Crippen LogP contribution in [0.5, 0.6) is 0 Å². The van der Waals surface area contributed by atoms with Crippen LogP contribution < -0.4 is 33.9 Å². The summed E-state index contributed by atoms with van der Waals surface area (Å²) >= 11 is 0. The van der Waals surface area contributed by atoms with Crippen molar-refractivity contribution >= 4 is 0 Å². The Morgan fingerprint density at radius 3 is 2.60 bits per heavy atom. The topological polar surface area (TPSA) is 145 Å². The second kappa shape index (κ2) is 3.59. The number of aromatic nitrogens is 2. The van der Waals surface area contributed by atoms with Crippen LogP contribution in [0.3, 0.4) is 0 Å². The Kier molecular flexibility index (Phi) is 2.64. The number of nitrogens with two attached hydrogens (primary N) is 3. The second-order valence-electron chi connectivity index (χ2n) is 2.99. The van der Waals surface area contributed by atoms with Gasteiger partial charge in [-0.15, -0.1) is 0 Å². The Hall–Kier alpha value is -2.06. The van der Waals surface area contributed by atoms with Crippen LogP contribution >= 0.6 is 0 Å². The molecule has 82 valence electrons. The van der Waals surface area contributed by atoms with Gasteiger partial charge in [-0.2, -0.15) is 0 Å². The van der Waals surface area contributed by atoms with E-state index in [0.29, 0.717) is 0 Å². The lowest BCUT2D eigenvalue weighted by atomic mass is 10.3. The van der Waals surface area contributed by atoms with Crippen LogP contribution in [0.4, 0.5) is 0 Å². The first-order valence-electron chi connectivity index (χ1n) is 3.96. The summed E-state index contributed by atoms with van der Waals surface area (Å²) in [7, 11) is 0. The Morgan fingerprint density at radius 1 is 1.53 bits per heavy atom. The zero-order chi connectivity index (χ0) is 11.6. The van der Waals surface area contributed by atoms with Crippen molar-refractivity contribution in [1.82, 2.24) is 9.66 Å². The summed E-state index contributed by atoms with van der Waals surface area (Å²) < 4.78 is 0.902. The van der Waals surface area contributed by atoms with Gasteiger partial charge < -0.3 is 5.73 Å². The van der Waals surface area contributed by atoms with Gasteiger partial charge in [-0.3, -0.25) is 26.7 Å². The lowest BCUT2D eigenvalue weighted by Crippen LogP contribution is -2.63. The molecule has 0 aliphatic rings. The minimum Gasteiger partial charge on any atom is -0.398 e. The summed E-state index contributed by atoms with van der Waals surface area (Å²) in [6.07, 6.45) is 1.18. The molecule has 1 aromatic heterocycles. The van der Waals surface area contributed by atoms with Crippen molar-refractivity contribution in [3.05, 3.63) is 45.4 Å². The van der Waals surface area contributed by atoms with Gasteiger partial charge in [0.05, 0.1) is 5.70 Å². The molecule has 8 nitrogen and oxygen atoms in total. The van der Waals surface area contributed by atoms with Gasteiger partial charge in [-0.05, 0) is 0 Å². The largest absolute Gasteiger partial charge is 0.398 e. The molecule has 0 radical (unpaired) electrons. The predicted octanol–water partition coefficient (Wildman–Crippen LogP) is -2.88. The van der Waals surface area contributed by atoms with E-state index in [0.717, 1.165) is 10.7 Å². The first-order chi connectivity index (χ1) is 6.83. The van der Waals surface area contributed by atoms with Crippen LogP contribution in [-0.2, 0) is 0 Å². The highest BCUT2D eigenvalue weighted by molar-refractivity contribution is 5.13. The fourth-order valence-corrected chi connectivity index (χ4v) is 0.776. The molecule has 0 saturated carbocycles. The van der Waals surface area contributed by atoms with Gasteiger partial charge in [0.15, 0.2) is 5.79 Å². The summed E-state index contributed by atoms with van der Waals surface area (Å²) in [5, 5.41) is 0. The standard InChI is InChI=1S/C7H12N6O2/c1-4(8)7(9,10)12-13-3-2-5(14)11-6(13)15/h2-3,12H,1,8-10H2,(H,11,14,15). The third-order valence-electron chi connectivity index (χ3n) is 1.66. The summed E-state index contributed by atoms with van der Waals surface area (Å²) in [6.45, 7) is 3.35. The normalized spacial score (nSPS) is 11.1. The van der Waals surface area contributed by atoms with Gasteiger partial charge in [0.2, 0.25) is 0 Å². The zero-order valence-electron chi connectivity index (χ0n) is 7.86. The molecule has 0 saturated heterocycles. The number of hydrogen-bond acceptors (Lipinski definition) is 6. The Morgan fingerprint density at radius 2 is 2.13 bits per heavy atom. The maximum Gasteiger partial charge on any atom is 0.346 e. The van der Waals surface area contributed by atoms with Crippen LogP contribution in [0.15, 0.2) is 34.1 Å². The maximum atomic E-state index is 11.2. The number of nitrogens with one attached hydrogen (secondary N) is 2. The highest BCUT2D eigenvalue weighted by atomic mass is 16.2. The van der Waals surface area contributed by atoms with Gasteiger partial charge in [-0.25, -0.2) is 9.47 Å². The van der Waals surface area contributed by atoms with E-state index in [1.54, 1.807) is 0 Å². The molecule has 0 bridgehead atoms. The molecular formula is C7H12N6O2. The summed E-state index contributed by atoms with van der Waals surface area (Å²) in [4.78, 5) is 24.0. The highest BCUT2D eigenvalue weighted by Gasteiger charge is 2.21. The average Bonchev–Trinajstić information content (AvgIpc) is 2.09. The third kappa shape index (κ3) is 2.45. The molecule has 1 aromatic rings. The van der Waals surface area contributed by atoms with E-state index in [-0.39, 0.29) is 5.70 Å². The molecule has 0 amide bonds. The van der Waals surface area contributed by atoms with Crippen molar-refractivity contribution in [2.75, 3.05) is 5.43 Å². The summed E-state index contributed by atoms with van der Waals surface area (Å²) in [5.41, 5.74) is 17.4. The van der Waals surface area contributed by atoms with E-state index in [2.05, 4.69) is 12.0 Å². The van der Waals surface area contributed by atoms with Gasteiger partial charge in [0.25, 0.3) is 5.56 Å². The molecule has 15 heavy (non-hydrogen) atoms. The van der Waals surface area contributed by atoms with Crippen molar-refractivity contribution in [2.24, 2.45) is 17.2 Å². The lowest BCUT2D eigenvalue weighted by molar-refractivity contribution is 0.511. The van der Waals surface area contributed by atoms with Crippen LogP contribution in [0, 0.1) is 0 Å². The molecule has 0 aromatic carbocycles. The minimum atomic E-state index is -1.64. The monoisotopic (exact) mass is 212 g/mol. The van der Waals surface area contributed by atoms with Crippen molar-refractivity contribution in [2.45, 2.75) is 5.79 Å². The van der Waals surface area contributed by atoms with E-state index < -0.39 is 17.0 Å². The highest BCUT2D eigenvalue weighted by Crippen LogP contribution is 1.93. The first-order valence-corrected chi connectivity index (χ1v) is 3.96. The molecule has 0 aliphatic heterocycles. The van der Waals surface area contributed by atoms with Crippen LogP contribution in [0.25, 0.3) is 0 Å². The van der Waals surface area contributed by atoms with E-state index in [4.69, 9.17) is 17.2 Å². The van der Waals surface area contributed by atoms with Crippen molar-refractivity contribution in [1.29, 1.82) is 0 Å². The number of hydrogen-bond donors (Lipinski definition) is 5. The van der Waals surface area contributed by atoms with Crippen molar-refractivity contribution in [3.63, 3.8) is 0 Å². The Bertz CT molecular complexity index is 485. The molecule has 0 aliphatic carbocycles. The molecular weight excluding hydrogens is 200 g/mol. The van der Waals surface area contributed by atoms with E-state index in [1.807, 2.05) is 4.98 Å². The quantitative estimate of drug-likeness (QED) is 0.340. The Balaban J connectivity index is 3.06. The minimum absolute atomic E-state index is 0.0550. The number of rotatable bonds is 3. The molecule has 8 heteroatoms. The summed E-state index contributed by atoms with van der Waals surface area (Å²) in [6, 6.07) is 1.13. The smallest absolute Gasteiger partial charge is 0.346 e. The second-order valence-corrected chi connectivity index (χ2v) is 2.99. The van der Waals surface area contributed by atoms with E-state index in [9.17, 15) is 9.59 Å². The average molecular weight is 212 g/mol. The van der Waals surface area contributed by atoms with E-state index in [1.165, 1.54) is 6.20 Å². The zero-order valence-corrected chi connectivity index (χ0v) is 7.86. The van der Waals surface area contributed by atoms with Gasteiger partial charge in [0.1, 0.15) is 0 Å².